The van der Waals surface area contributed by atoms with Crippen molar-refractivity contribution in [2.24, 2.45) is 0 Å². The van der Waals surface area contributed by atoms with E-state index in [4.69, 9.17) is 23.2 Å². The van der Waals surface area contributed by atoms with Crippen LogP contribution < -0.4 is 0 Å². The molecule has 0 spiro atoms. The van der Waals surface area contributed by atoms with Gasteiger partial charge in [0.15, 0.2) is 0 Å². The summed E-state index contributed by atoms with van der Waals surface area (Å²) in [5.41, 5.74) is 2.30. The van der Waals surface area contributed by atoms with Crippen LogP contribution >= 0.6 is 61.7 Å². The molecule has 0 amide bonds. The van der Waals surface area contributed by atoms with E-state index in [1.54, 1.807) is 0 Å². The Balaban J connectivity index is 2.33. The van der Waals surface area contributed by atoms with Crippen LogP contribution in [-0.4, -0.2) is 0 Å². The second-order valence-electron chi connectivity index (χ2n) is 3.59. The Morgan fingerprint density at radius 3 is 2.06 bits per heavy atom. The van der Waals surface area contributed by atoms with Crippen LogP contribution in [0, 0.1) is 3.57 Å². The lowest BCUT2D eigenvalue weighted by molar-refractivity contribution is 1.18. The third kappa shape index (κ3) is 3.37. The molecule has 0 fully saturated rings. The third-order valence-corrected chi connectivity index (χ3v) is 4.91. The van der Waals surface area contributed by atoms with Crippen LogP contribution in [-0.2, 0) is 0 Å². The van der Waals surface area contributed by atoms with Crippen LogP contribution in [0.1, 0.15) is 16.0 Å². The molecule has 2 rings (SSSR count). The lowest BCUT2D eigenvalue weighted by atomic mass is 10.1. The van der Waals surface area contributed by atoms with Gasteiger partial charge in [-0.1, -0.05) is 57.3 Å². The van der Waals surface area contributed by atoms with Gasteiger partial charge in [-0.25, -0.2) is 0 Å². The van der Waals surface area contributed by atoms with E-state index in [-0.39, 0.29) is 4.83 Å². The van der Waals surface area contributed by atoms with Crippen molar-refractivity contribution in [1.82, 2.24) is 0 Å². The molecule has 0 N–H and O–H groups in total. The summed E-state index contributed by atoms with van der Waals surface area (Å²) in [6.45, 7) is 0. The largest absolute Gasteiger partial charge is 0.0827 e. The molecule has 17 heavy (non-hydrogen) atoms. The number of alkyl halides is 1. The Labute approximate surface area is 133 Å². The maximum Gasteiger partial charge on any atom is 0.0645 e. The van der Waals surface area contributed by atoms with Crippen LogP contribution in [0.15, 0.2) is 42.5 Å². The first-order valence-corrected chi connectivity index (χ1v) is 7.67. The number of hydrogen-bond acceptors (Lipinski definition) is 0. The minimum absolute atomic E-state index is 0.134. The fraction of sp³-hybridized carbons (Fsp3) is 0.0769. The predicted octanol–water partition coefficient (Wildman–Crippen LogP) is 6.08. The molecule has 2 aromatic carbocycles. The Morgan fingerprint density at radius 1 is 0.882 bits per heavy atom. The first-order chi connectivity index (χ1) is 8.08. The predicted molar refractivity (Wildman–Crippen MR) is 86.4 cm³/mol. The highest BCUT2D eigenvalue weighted by Gasteiger charge is 2.11. The van der Waals surface area contributed by atoms with Gasteiger partial charge in [-0.2, -0.15) is 0 Å². The topological polar surface area (TPSA) is 0 Å². The number of rotatable bonds is 2. The normalized spacial score (nSPS) is 12.5. The van der Waals surface area contributed by atoms with Gasteiger partial charge < -0.3 is 0 Å². The maximum atomic E-state index is 6.02. The summed E-state index contributed by atoms with van der Waals surface area (Å²) in [5, 5.41) is 1.16. The molecule has 0 saturated carbocycles. The van der Waals surface area contributed by atoms with E-state index in [2.05, 4.69) is 62.8 Å². The second-order valence-corrected chi connectivity index (χ2v) is 6.56. The van der Waals surface area contributed by atoms with Gasteiger partial charge in [0.05, 0.1) is 14.9 Å². The highest BCUT2D eigenvalue weighted by atomic mass is 127. The zero-order chi connectivity index (χ0) is 12.4. The minimum atomic E-state index is 0.134. The molecule has 0 aromatic heterocycles. The summed E-state index contributed by atoms with van der Waals surface area (Å²) in [6, 6.07) is 14.1. The molecule has 0 nitrogen and oxygen atoms in total. The average Bonchev–Trinajstić information content (AvgIpc) is 2.33. The highest BCUT2D eigenvalue weighted by molar-refractivity contribution is 14.1. The van der Waals surface area contributed by atoms with Crippen molar-refractivity contribution in [2.75, 3.05) is 0 Å². The van der Waals surface area contributed by atoms with Crippen molar-refractivity contribution in [2.45, 2.75) is 4.83 Å². The zero-order valence-corrected chi connectivity index (χ0v) is 13.9. The molecule has 4 heteroatoms. The monoisotopic (exact) mass is 440 g/mol. The zero-order valence-electron chi connectivity index (χ0n) is 8.63. The summed E-state index contributed by atoms with van der Waals surface area (Å²) in [5.74, 6) is 0. The fourth-order valence-corrected chi connectivity index (χ4v) is 2.75. The Morgan fingerprint density at radius 2 is 1.47 bits per heavy atom. The van der Waals surface area contributed by atoms with Gasteiger partial charge in [0.25, 0.3) is 0 Å². The molecule has 0 aliphatic heterocycles. The Bertz CT molecular complexity index is 525. The quantitative estimate of drug-likeness (QED) is 0.391. The molecule has 1 unspecified atom stereocenters. The maximum absolute atomic E-state index is 6.02. The van der Waals surface area contributed by atoms with Crippen molar-refractivity contribution in [3.8, 4) is 0 Å². The molecular weight excluding hydrogens is 434 g/mol. The fourth-order valence-electron chi connectivity index (χ4n) is 1.49. The SMILES string of the molecule is Clc1ccc(C(Br)c2ccc(I)cc2)cc1Cl. The van der Waals surface area contributed by atoms with E-state index in [1.165, 1.54) is 9.13 Å². The number of halogens is 4. The second kappa shape index (κ2) is 5.91. The number of benzene rings is 2. The Kier molecular flexibility index (Phi) is 4.75. The molecular formula is C13H8BrCl2I. The Hall–Kier alpha value is 0.230. The van der Waals surface area contributed by atoms with Gasteiger partial charge in [0.2, 0.25) is 0 Å². The van der Waals surface area contributed by atoms with E-state index in [0.717, 1.165) is 5.56 Å². The standard InChI is InChI=1S/C13H8BrCl2I/c14-13(8-1-4-10(17)5-2-8)9-3-6-11(15)12(16)7-9/h1-7,13H. The van der Waals surface area contributed by atoms with Crippen molar-refractivity contribution >= 4 is 61.7 Å². The van der Waals surface area contributed by atoms with Gasteiger partial charge >= 0.3 is 0 Å². The van der Waals surface area contributed by atoms with Gasteiger partial charge in [-0.05, 0) is 58.0 Å². The van der Waals surface area contributed by atoms with Gasteiger partial charge in [-0.3, -0.25) is 0 Å². The smallest absolute Gasteiger partial charge is 0.0645 e. The summed E-state index contributed by atoms with van der Waals surface area (Å²) in [6.07, 6.45) is 0. The van der Waals surface area contributed by atoms with Gasteiger partial charge in [0.1, 0.15) is 0 Å². The molecule has 0 aliphatic rings. The molecule has 0 heterocycles. The first kappa shape index (κ1) is 13.7. The van der Waals surface area contributed by atoms with Crippen LogP contribution in [0.25, 0.3) is 0 Å². The highest BCUT2D eigenvalue weighted by Crippen LogP contribution is 2.34. The molecule has 0 radical (unpaired) electrons. The molecule has 0 bridgehead atoms. The summed E-state index contributed by atoms with van der Waals surface area (Å²) < 4.78 is 1.22. The molecule has 1 atom stereocenters. The molecule has 0 saturated heterocycles. The van der Waals surface area contributed by atoms with E-state index >= 15 is 0 Å². The van der Waals surface area contributed by atoms with E-state index in [1.807, 2.05) is 18.2 Å². The van der Waals surface area contributed by atoms with Crippen LogP contribution in [0.2, 0.25) is 10.0 Å². The summed E-state index contributed by atoms with van der Waals surface area (Å²) in [4.78, 5) is 0.134. The summed E-state index contributed by atoms with van der Waals surface area (Å²) >= 11 is 17.9. The minimum Gasteiger partial charge on any atom is -0.0827 e. The lowest BCUT2D eigenvalue weighted by Gasteiger charge is -2.11. The van der Waals surface area contributed by atoms with Crippen molar-refractivity contribution in [3.05, 3.63) is 67.2 Å². The van der Waals surface area contributed by atoms with E-state index in [9.17, 15) is 0 Å². The first-order valence-electron chi connectivity index (χ1n) is 4.92. The van der Waals surface area contributed by atoms with Crippen LogP contribution in [0.5, 0.6) is 0 Å². The average molecular weight is 442 g/mol. The number of hydrogen-bond donors (Lipinski definition) is 0. The van der Waals surface area contributed by atoms with Crippen LogP contribution in [0.4, 0.5) is 0 Å². The molecule has 88 valence electrons. The summed E-state index contributed by atoms with van der Waals surface area (Å²) in [7, 11) is 0. The van der Waals surface area contributed by atoms with Crippen molar-refractivity contribution < 1.29 is 0 Å². The third-order valence-electron chi connectivity index (χ3n) is 2.40. The van der Waals surface area contributed by atoms with Gasteiger partial charge in [-0.15, -0.1) is 0 Å². The lowest BCUT2D eigenvalue weighted by Crippen LogP contribution is -1.92. The van der Waals surface area contributed by atoms with E-state index in [0.29, 0.717) is 10.0 Å². The van der Waals surface area contributed by atoms with E-state index < -0.39 is 0 Å². The van der Waals surface area contributed by atoms with Crippen LogP contribution in [0.3, 0.4) is 0 Å². The van der Waals surface area contributed by atoms with Crippen molar-refractivity contribution in [3.63, 3.8) is 0 Å². The van der Waals surface area contributed by atoms with Gasteiger partial charge in [0, 0.05) is 3.57 Å². The van der Waals surface area contributed by atoms with Crippen molar-refractivity contribution in [1.29, 1.82) is 0 Å². The molecule has 0 aliphatic carbocycles. The molecule has 2 aromatic rings.